The van der Waals surface area contributed by atoms with Crippen LogP contribution in [0.1, 0.15) is 18.1 Å². The molecule has 3 rings (SSSR count). The van der Waals surface area contributed by atoms with Gasteiger partial charge in [0, 0.05) is 49.1 Å². The SMILES string of the molecule is CNS(=O)(=O)c1ccc(NCc2ccc(C(C)(F)F)cc2F)c(-c2cn(C)cn2)c1. The molecule has 0 bridgehead atoms. The number of nitrogens with zero attached hydrogens (tertiary/aromatic N) is 2. The molecule has 0 amide bonds. The van der Waals surface area contributed by atoms with Crippen molar-refractivity contribution in [1.29, 1.82) is 0 Å². The molecule has 10 heteroatoms. The number of aryl methyl sites for hydroxylation is 1. The van der Waals surface area contributed by atoms with Crippen molar-refractivity contribution < 1.29 is 21.6 Å². The Bertz CT molecular complexity index is 1170. The minimum atomic E-state index is -3.67. The van der Waals surface area contributed by atoms with E-state index in [-0.39, 0.29) is 17.0 Å². The first kappa shape index (κ1) is 21.8. The normalized spacial score (nSPS) is 12.2. The molecule has 0 saturated heterocycles. The zero-order chi connectivity index (χ0) is 22.1. The number of hydrogen-bond acceptors (Lipinski definition) is 4. The van der Waals surface area contributed by atoms with Crippen LogP contribution in [-0.2, 0) is 29.5 Å². The lowest BCUT2D eigenvalue weighted by Crippen LogP contribution is -2.18. The van der Waals surface area contributed by atoms with Gasteiger partial charge in [-0.15, -0.1) is 0 Å². The first-order valence-electron chi connectivity index (χ1n) is 8.98. The van der Waals surface area contributed by atoms with E-state index < -0.39 is 27.3 Å². The minimum Gasteiger partial charge on any atom is -0.380 e. The van der Waals surface area contributed by atoms with Crippen LogP contribution in [-0.4, -0.2) is 25.0 Å². The van der Waals surface area contributed by atoms with Crippen molar-refractivity contribution in [2.24, 2.45) is 7.05 Å². The van der Waals surface area contributed by atoms with Gasteiger partial charge in [-0.25, -0.2) is 31.3 Å². The fourth-order valence-electron chi connectivity index (χ4n) is 2.88. The van der Waals surface area contributed by atoms with Gasteiger partial charge in [0.05, 0.1) is 16.9 Å². The van der Waals surface area contributed by atoms with Crippen LogP contribution in [0.5, 0.6) is 0 Å². The number of hydrogen-bond donors (Lipinski definition) is 2. The number of benzene rings is 2. The number of halogens is 3. The van der Waals surface area contributed by atoms with Crippen molar-refractivity contribution in [3.8, 4) is 11.3 Å². The Balaban J connectivity index is 1.94. The fraction of sp³-hybridized carbons (Fsp3) is 0.250. The van der Waals surface area contributed by atoms with Gasteiger partial charge in [-0.3, -0.25) is 0 Å². The zero-order valence-corrected chi connectivity index (χ0v) is 17.4. The number of imidazole rings is 1. The Hall–Kier alpha value is -2.85. The second kappa shape index (κ2) is 8.11. The van der Waals surface area contributed by atoms with Crippen LogP contribution in [0.4, 0.5) is 18.9 Å². The Morgan fingerprint density at radius 2 is 1.90 bits per heavy atom. The van der Waals surface area contributed by atoms with Crippen molar-refractivity contribution >= 4 is 15.7 Å². The maximum Gasteiger partial charge on any atom is 0.270 e. The van der Waals surface area contributed by atoms with Gasteiger partial charge < -0.3 is 9.88 Å². The second-order valence-electron chi connectivity index (χ2n) is 6.89. The maximum atomic E-state index is 14.3. The molecule has 1 aromatic heterocycles. The first-order chi connectivity index (χ1) is 14.0. The highest BCUT2D eigenvalue weighted by Crippen LogP contribution is 2.31. The van der Waals surface area contributed by atoms with Gasteiger partial charge in [-0.2, -0.15) is 0 Å². The third-order valence-corrected chi connectivity index (χ3v) is 5.99. The summed E-state index contributed by atoms with van der Waals surface area (Å²) in [5.74, 6) is -3.89. The van der Waals surface area contributed by atoms with E-state index in [4.69, 9.17) is 0 Å². The van der Waals surface area contributed by atoms with Crippen LogP contribution in [0.3, 0.4) is 0 Å². The highest BCUT2D eigenvalue weighted by atomic mass is 32.2. The van der Waals surface area contributed by atoms with E-state index in [0.29, 0.717) is 23.9 Å². The summed E-state index contributed by atoms with van der Waals surface area (Å²) in [6, 6.07) is 7.74. The average Bonchev–Trinajstić information content (AvgIpc) is 3.12. The third kappa shape index (κ3) is 4.65. The lowest BCUT2D eigenvalue weighted by Gasteiger charge is -2.15. The summed E-state index contributed by atoms with van der Waals surface area (Å²) in [5, 5.41) is 3.04. The Kier molecular flexibility index (Phi) is 5.91. The molecule has 0 atom stereocenters. The van der Waals surface area contributed by atoms with Crippen LogP contribution in [0, 0.1) is 5.82 Å². The summed E-state index contributed by atoms with van der Waals surface area (Å²) in [6.07, 6.45) is 3.29. The lowest BCUT2D eigenvalue weighted by molar-refractivity contribution is 0.0171. The largest absolute Gasteiger partial charge is 0.380 e. The zero-order valence-electron chi connectivity index (χ0n) is 16.6. The summed E-state index contributed by atoms with van der Waals surface area (Å²) in [7, 11) is -0.585. The molecule has 2 aromatic carbocycles. The molecule has 0 unspecified atom stereocenters. The summed E-state index contributed by atoms with van der Waals surface area (Å²) >= 11 is 0. The summed E-state index contributed by atoms with van der Waals surface area (Å²) in [4.78, 5) is 4.31. The first-order valence-corrected chi connectivity index (χ1v) is 10.5. The Labute approximate surface area is 172 Å². The molecule has 30 heavy (non-hydrogen) atoms. The van der Waals surface area contributed by atoms with Crippen molar-refractivity contribution in [2.75, 3.05) is 12.4 Å². The number of anilines is 1. The predicted octanol–water partition coefficient (Wildman–Crippen LogP) is 3.86. The molecule has 0 aliphatic heterocycles. The van der Waals surface area contributed by atoms with Gasteiger partial charge in [0.2, 0.25) is 10.0 Å². The van der Waals surface area contributed by atoms with Crippen molar-refractivity contribution in [3.63, 3.8) is 0 Å². The highest BCUT2D eigenvalue weighted by molar-refractivity contribution is 7.89. The molecular weight excluding hydrogens is 417 g/mol. The molecule has 0 spiro atoms. The highest BCUT2D eigenvalue weighted by Gasteiger charge is 2.25. The third-order valence-electron chi connectivity index (χ3n) is 4.58. The van der Waals surface area contributed by atoms with Gasteiger partial charge in [0.1, 0.15) is 5.82 Å². The lowest BCUT2D eigenvalue weighted by atomic mass is 10.1. The number of nitrogens with one attached hydrogen (secondary N) is 2. The molecule has 3 aromatic rings. The maximum absolute atomic E-state index is 14.3. The second-order valence-corrected chi connectivity index (χ2v) is 8.77. The Morgan fingerprint density at radius 3 is 2.47 bits per heavy atom. The van der Waals surface area contributed by atoms with Crippen LogP contribution in [0.2, 0.25) is 0 Å². The molecule has 6 nitrogen and oxygen atoms in total. The van der Waals surface area contributed by atoms with E-state index in [2.05, 4.69) is 15.0 Å². The molecule has 2 N–H and O–H groups in total. The van der Waals surface area contributed by atoms with Gasteiger partial charge >= 0.3 is 0 Å². The van der Waals surface area contributed by atoms with Crippen LogP contribution in [0.15, 0.2) is 53.8 Å². The van der Waals surface area contributed by atoms with E-state index in [1.54, 1.807) is 30.2 Å². The van der Waals surface area contributed by atoms with Crippen molar-refractivity contribution in [3.05, 3.63) is 65.9 Å². The van der Waals surface area contributed by atoms with Crippen LogP contribution < -0.4 is 10.0 Å². The average molecular weight is 438 g/mol. The Morgan fingerprint density at radius 1 is 1.17 bits per heavy atom. The fourth-order valence-corrected chi connectivity index (χ4v) is 3.64. The number of aromatic nitrogens is 2. The molecular formula is C20H21F3N4O2S. The van der Waals surface area contributed by atoms with Gasteiger partial charge in [-0.05, 0) is 31.3 Å². The van der Waals surface area contributed by atoms with E-state index in [1.165, 1.54) is 31.3 Å². The van der Waals surface area contributed by atoms with Crippen LogP contribution >= 0.6 is 0 Å². The number of alkyl halides is 2. The monoisotopic (exact) mass is 438 g/mol. The molecule has 1 heterocycles. The van der Waals surface area contributed by atoms with E-state index in [0.717, 1.165) is 6.07 Å². The summed E-state index contributed by atoms with van der Waals surface area (Å²) in [5.41, 5.74) is 1.34. The van der Waals surface area contributed by atoms with E-state index in [1.807, 2.05) is 0 Å². The predicted molar refractivity (Wildman–Crippen MR) is 108 cm³/mol. The summed E-state index contributed by atoms with van der Waals surface area (Å²) < 4.78 is 69.4. The molecule has 0 fully saturated rings. The smallest absolute Gasteiger partial charge is 0.270 e. The van der Waals surface area contributed by atoms with E-state index >= 15 is 0 Å². The van der Waals surface area contributed by atoms with Crippen molar-refractivity contribution in [1.82, 2.24) is 14.3 Å². The van der Waals surface area contributed by atoms with Gasteiger partial charge in [-0.1, -0.05) is 12.1 Å². The van der Waals surface area contributed by atoms with Crippen molar-refractivity contribution in [2.45, 2.75) is 24.3 Å². The molecule has 0 radical (unpaired) electrons. The number of sulfonamides is 1. The molecule has 160 valence electrons. The van der Waals surface area contributed by atoms with Crippen LogP contribution in [0.25, 0.3) is 11.3 Å². The molecule has 0 saturated carbocycles. The van der Waals surface area contributed by atoms with Gasteiger partial charge in [0.25, 0.3) is 5.92 Å². The quantitative estimate of drug-likeness (QED) is 0.588. The van der Waals surface area contributed by atoms with Gasteiger partial charge in [0.15, 0.2) is 0 Å². The summed E-state index contributed by atoms with van der Waals surface area (Å²) in [6.45, 7) is 0.721. The molecule has 0 aliphatic rings. The molecule has 0 aliphatic carbocycles. The number of rotatable bonds is 7. The minimum absolute atomic E-state index is 0.0133. The standard InChI is InChI=1S/C20H21F3N4O2S/c1-20(22,23)14-5-4-13(17(21)8-14)10-25-18-7-6-15(30(28,29)24-2)9-16(18)19-11-27(3)12-26-19/h4-9,11-12,24-25H,10H2,1-3H3. The van der Waals surface area contributed by atoms with E-state index in [9.17, 15) is 21.6 Å². The topological polar surface area (TPSA) is 76.0 Å².